The molecule has 0 radical (unpaired) electrons. The third-order valence-electron chi connectivity index (χ3n) is 1.96. The fourth-order valence-electron chi connectivity index (χ4n) is 1.10. The number of halogens is 2. The quantitative estimate of drug-likeness (QED) is 0.920. The predicted octanol–water partition coefficient (Wildman–Crippen LogP) is 3.37. The molecule has 2 nitrogen and oxygen atoms in total. The van der Waals surface area contributed by atoms with E-state index < -0.39 is 11.9 Å². The Hall–Kier alpha value is -0.540. The molecular weight excluding hydrogens is 267 g/mol. The summed E-state index contributed by atoms with van der Waals surface area (Å²) in [5.74, 6) is -1.21. The van der Waals surface area contributed by atoms with Crippen LogP contribution in [0.2, 0.25) is 5.02 Å². The van der Waals surface area contributed by atoms with Crippen molar-refractivity contribution in [2.75, 3.05) is 0 Å². The summed E-state index contributed by atoms with van der Waals surface area (Å²) < 4.78 is 0.897. The molecule has 0 amide bonds. The van der Waals surface area contributed by atoms with Crippen LogP contribution in [0.3, 0.4) is 0 Å². The third-order valence-corrected chi connectivity index (χ3v) is 2.81. The van der Waals surface area contributed by atoms with Crippen molar-refractivity contribution in [3.63, 3.8) is 0 Å². The van der Waals surface area contributed by atoms with E-state index in [0.717, 1.165) is 10.0 Å². The molecule has 0 aliphatic carbocycles. The first-order valence-corrected chi connectivity index (χ1v) is 5.34. The Morgan fingerprint density at radius 1 is 1.64 bits per heavy atom. The van der Waals surface area contributed by atoms with Crippen LogP contribution in [-0.2, 0) is 11.2 Å². The molecule has 0 heterocycles. The van der Waals surface area contributed by atoms with Gasteiger partial charge in [-0.1, -0.05) is 40.5 Å². The monoisotopic (exact) mass is 276 g/mol. The van der Waals surface area contributed by atoms with E-state index in [1.165, 1.54) is 0 Å². The highest BCUT2D eigenvalue weighted by atomic mass is 79.9. The summed E-state index contributed by atoms with van der Waals surface area (Å²) in [6.45, 7) is 1.67. The predicted molar refractivity (Wildman–Crippen MR) is 59.7 cm³/mol. The van der Waals surface area contributed by atoms with E-state index in [9.17, 15) is 4.79 Å². The van der Waals surface area contributed by atoms with Crippen molar-refractivity contribution in [3.8, 4) is 0 Å². The molecule has 1 N–H and O–H groups in total. The smallest absolute Gasteiger partial charge is 0.306 e. The maximum Gasteiger partial charge on any atom is 0.306 e. The molecule has 1 rings (SSSR count). The lowest BCUT2D eigenvalue weighted by Crippen LogP contribution is -2.12. The van der Waals surface area contributed by atoms with Crippen LogP contribution in [0.4, 0.5) is 0 Å². The van der Waals surface area contributed by atoms with Crippen LogP contribution in [-0.4, -0.2) is 11.1 Å². The van der Waals surface area contributed by atoms with Crippen molar-refractivity contribution in [1.82, 2.24) is 0 Å². The molecule has 1 aromatic carbocycles. The summed E-state index contributed by atoms with van der Waals surface area (Å²) in [6, 6.07) is 5.47. The Labute approximate surface area is 96.0 Å². The van der Waals surface area contributed by atoms with Crippen molar-refractivity contribution < 1.29 is 9.90 Å². The Kier molecular flexibility index (Phi) is 3.96. The van der Waals surface area contributed by atoms with Gasteiger partial charge in [0.25, 0.3) is 0 Å². The summed E-state index contributed by atoms with van der Waals surface area (Å²) in [7, 11) is 0. The Bertz CT molecular complexity index is 352. The van der Waals surface area contributed by atoms with Crippen molar-refractivity contribution in [1.29, 1.82) is 0 Å². The lowest BCUT2D eigenvalue weighted by Gasteiger charge is -2.08. The zero-order valence-electron chi connectivity index (χ0n) is 7.63. The maximum atomic E-state index is 10.6. The fraction of sp³-hybridized carbons (Fsp3) is 0.300. The molecule has 0 fully saturated rings. The first-order chi connectivity index (χ1) is 6.50. The topological polar surface area (TPSA) is 37.3 Å². The summed E-state index contributed by atoms with van der Waals surface area (Å²) in [6.07, 6.45) is 0.460. The van der Waals surface area contributed by atoms with Gasteiger partial charge in [0.05, 0.1) is 5.92 Å². The van der Waals surface area contributed by atoms with Gasteiger partial charge >= 0.3 is 5.97 Å². The molecule has 0 saturated carbocycles. The van der Waals surface area contributed by atoms with E-state index in [0.29, 0.717) is 11.4 Å². The van der Waals surface area contributed by atoms with Crippen LogP contribution in [0.15, 0.2) is 22.7 Å². The lowest BCUT2D eigenvalue weighted by molar-refractivity contribution is -0.141. The number of rotatable bonds is 3. The number of carbonyl (C=O) groups is 1. The van der Waals surface area contributed by atoms with Gasteiger partial charge in [-0.25, -0.2) is 0 Å². The van der Waals surface area contributed by atoms with Gasteiger partial charge in [0.15, 0.2) is 0 Å². The highest BCUT2D eigenvalue weighted by Crippen LogP contribution is 2.23. The molecule has 0 bridgehead atoms. The minimum Gasteiger partial charge on any atom is -0.481 e. The van der Waals surface area contributed by atoms with Gasteiger partial charge in [-0.3, -0.25) is 4.79 Å². The van der Waals surface area contributed by atoms with Gasteiger partial charge in [0, 0.05) is 9.50 Å². The lowest BCUT2D eigenvalue weighted by atomic mass is 10.0. The van der Waals surface area contributed by atoms with E-state index in [4.69, 9.17) is 16.7 Å². The van der Waals surface area contributed by atoms with Gasteiger partial charge in [0.1, 0.15) is 0 Å². The molecule has 76 valence electrons. The van der Waals surface area contributed by atoms with Gasteiger partial charge in [-0.15, -0.1) is 0 Å². The van der Waals surface area contributed by atoms with Crippen LogP contribution in [0.1, 0.15) is 12.5 Å². The van der Waals surface area contributed by atoms with Gasteiger partial charge in [0.2, 0.25) is 0 Å². The van der Waals surface area contributed by atoms with E-state index in [1.807, 2.05) is 12.1 Å². The van der Waals surface area contributed by atoms with Crippen LogP contribution in [0.5, 0.6) is 0 Å². The van der Waals surface area contributed by atoms with Crippen molar-refractivity contribution in [3.05, 3.63) is 33.3 Å². The number of aliphatic carboxylic acids is 1. The number of carboxylic acids is 1. The second-order valence-electron chi connectivity index (χ2n) is 3.18. The summed E-state index contributed by atoms with van der Waals surface area (Å²) in [5, 5.41) is 9.34. The summed E-state index contributed by atoms with van der Waals surface area (Å²) in [5.41, 5.74) is 0.866. The third kappa shape index (κ3) is 3.00. The first-order valence-electron chi connectivity index (χ1n) is 4.17. The second kappa shape index (κ2) is 4.80. The van der Waals surface area contributed by atoms with E-state index in [2.05, 4.69) is 15.9 Å². The highest BCUT2D eigenvalue weighted by molar-refractivity contribution is 9.10. The van der Waals surface area contributed by atoms with Crippen LogP contribution in [0.25, 0.3) is 0 Å². The number of hydrogen-bond acceptors (Lipinski definition) is 1. The molecule has 0 spiro atoms. The number of benzene rings is 1. The van der Waals surface area contributed by atoms with E-state index in [-0.39, 0.29) is 0 Å². The zero-order valence-corrected chi connectivity index (χ0v) is 9.97. The molecule has 0 aliphatic rings. The average Bonchev–Trinajstić information content (AvgIpc) is 2.09. The van der Waals surface area contributed by atoms with Crippen molar-refractivity contribution in [2.45, 2.75) is 13.3 Å². The van der Waals surface area contributed by atoms with E-state index in [1.54, 1.807) is 13.0 Å². The summed E-state index contributed by atoms with van der Waals surface area (Å²) >= 11 is 9.25. The first kappa shape index (κ1) is 11.5. The Morgan fingerprint density at radius 2 is 2.29 bits per heavy atom. The van der Waals surface area contributed by atoms with Crippen LogP contribution >= 0.6 is 27.5 Å². The molecule has 4 heteroatoms. The molecule has 1 atom stereocenters. The van der Waals surface area contributed by atoms with Crippen molar-refractivity contribution >= 4 is 33.5 Å². The average molecular weight is 278 g/mol. The highest BCUT2D eigenvalue weighted by Gasteiger charge is 2.13. The van der Waals surface area contributed by atoms with Gasteiger partial charge < -0.3 is 5.11 Å². The molecule has 14 heavy (non-hydrogen) atoms. The zero-order chi connectivity index (χ0) is 10.7. The second-order valence-corrected chi connectivity index (χ2v) is 4.50. The Morgan fingerprint density at radius 3 is 2.79 bits per heavy atom. The summed E-state index contributed by atoms with van der Waals surface area (Å²) in [4.78, 5) is 10.6. The SMILES string of the molecule is CC(Cc1ccc(Br)cc1Cl)C(=O)O. The van der Waals surface area contributed by atoms with Gasteiger partial charge in [-0.2, -0.15) is 0 Å². The Balaban J connectivity index is 2.82. The fourth-order valence-corrected chi connectivity index (χ4v) is 1.85. The van der Waals surface area contributed by atoms with Crippen molar-refractivity contribution in [2.24, 2.45) is 5.92 Å². The normalized spacial score (nSPS) is 12.5. The molecule has 0 aliphatic heterocycles. The number of hydrogen-bond donors (Lipinski definition) is 1. The van der Waals surface area contributed by atoms with Gasteiger partial charge in [-0.05, 0) is 24.1 Å². The van der Waals surface area contributed by atoms with E-state index >= 15 is 0 Å². The molecule has 1 unspecified atom stereocenters. The maximum absolute atomic E-state index is 10.6. The minimum atomic E-state index is -0.802. The molecular formula is C10H10BrClO2. The van der Waals surface area contributed by atoms with Crippen LogP contribution in [0, 0.1) is 5.92 Å². The van der Waals surface area contributed by atoms with Crippen LogP contribution < -0.4 is 0 Å². The number of carboxylic acid groups (broad SMARTS) is 1. The largest absolute Gasteiger partial charge is 0.481 e. The molecule has 0 saturated heterocycles. The minimum absolute atomic E-state index is 0.409. The molecule has 0 aromatic heterocycles. The standard InChI is InChI=1S/C10H10BrClO2/c1-6(10(13)14)4-7-2-3-8(11)5-9(7)12/h2-3,5-6H,4H2,1H3,(H,13,14). The molecule has 1 aromatic rings.